The molecule has 0 saturated carbocycles. The number of hydrogen-bond donors (Lipinski definition) is 1. The summed E-state index contributed by atoms with van der Waals surface area (Å²) in [7, 11) is 0. The summed E-state index contributed by atoms with van der Waals surface area (Å²) in [5, 5.41) is 2.81. The van der Waals surface area contributed by atoms with E-state index in [-0.39, 0.29) is 6.54 Å². The summed E-state index contributed by atoms with van der Waals surface area (Å²) in [6, 6.07) is 5.75. The number of carbonyl (C=O) groups excluding carboxylic acids is 4. The first-order valence-corrected chi connectivity index (χ1v) is 6.55. The minimum atomic E-state index is -1.00. The molecule has 0 atom stereocenters. The van der Waals surface area contributed by atoms with E-state index in [4.69, 9.17) is 11.6 Å². The van der Waals surface area contributed by atoms with Gasteiger partial charge in [0.05, 0.1) is 10.7 Å². The summed E-state index contributed by atoms with van der Waals surface area (Å²) in [5.74, 6) is -2.54. The lowest BCUT2D eigenvalue weighted by Gasteiger charge is -2.14. The number of urea groups is 1. The predicted octanol–water partition coefficient (Wildman–Crippen LogP) is 1.09. The van der Waals surface area contributed by atoms with Crippen molar-refractivity contribution in [2.24, 2.45) is 0 Å². The molecule has 0 aromatic heterocycles. The summed E-state index contributed by atoms with van der Waals surface area (Å²) in [5.41, 5.74) is 0.363. The van der Waals surface area contributed by atoms with Gasteiger partial charge in [-0.05, 0) is 19.1 Å². The minimum absolute atomic E-state index is 0.0754. The maximum atomic E-state index is 11.9. The Bertz CT molecular complexity index is 632. The lowest BCUT2D eigenvalue weighted by atomic mass is 10.3. The summed E-state index contributed by atoms with van der Waals surface area (Å²) in [6.45, 7) is 1.10. The summed E-state index contributed by atoms with van der Waals surface area (Å²) >= 11 is 5.89. The van der Waals surface area contributed by atoms with E-state index in [0.29, 0.717) is 15.6 Å². The standard InChI is InChI=1S/C13H12ClN3O4/c1-2-16-11(19)12(20)17(13(16)21)7-10(18)15-9-6-4-3-5-8(9)14/h3-6H,2,7H2,1H3,(H,15,18). The number of anilines is 1. The number of likely N-dealkylation sites (N-methyl/N-ethyl adjacent to an activating group) is 1. The molecule has 7 nitrogen and oxygen atoms in total. The van der Waals surface area contributed by atoms with E-state index in [1.54, 1.807) is 31.2 Å². The molecule has 1 aromatic carbocycles. The van der Waals surface area contributed by atoms with Crippen molar-refractivity contribution in [1.82, 2.24) is 9.80 Å². The van der Waals surface area contributed by atoms with Gasteiger partial charge < -0.3 is 5.32 Å². The molecule has 0 unspecified atom stereocenters. The second-order valence-electron chi connectivity index (χ2n) is 4.25. The summed E-state index contributed by atoms with van der Waals surface area (Å²) in [4.78, 5) is 48.2. The van der Waals surface area contributed by atoms with E-state index in [2.05, 4.69) is 5.32 Å². The molecule has 0 spiro atoms. The fourth-order valence-electron chi connectivity index (χ4n) is 1.86. The van der Waals surface area contributed by atoms with Crippen molar-refractivity contribution < 1.29 is 19.2 Å². The normalized spacial score (nSPS) is 14.9. The zero-order valence-corrected chi connectivity index (χ0v) is 11.9. The number of imide groups is 2. The van der Waals surface area contributed by atoms with Gasteiger partial charge in [0, 0.05) is 6.54 Å². The number of halogens is 1. The Morgan fingerprint density at radius 1 is 1.14 bits per heavy atom. The van der Waals surface area contributed by atoms with Crippen LogP contribution in [-0.2, 0) is 14.4 Å². The van der Waals surface area contributed by atoms with Crippen LogP contribution in [-0.4, -0.2) is 46.6 Å². The molecular formula is C13H12ClN3O4. The third-order valence-electron chi connectivity index (χ3n) is 2.90. The first-order chi connectivity index (χ1) is 9.95. The molecule has 1 aromatic rings. The zero-order valence-electron chi connectivity index (χ0n) is 11.1. The summed E-state index contributed by atoms with van der Waals surface area (Å²) in [6.07, 6.45) is 0. The van der Waals surface area contributed by atoms with Gasteiger partial charge in [0.25, 0.3) is 0 Å². The van der Waals surface area contributed by atoms with Gasteiger partial charge in [-0.25, -0.2) is 9.69 Å². The molecular weight excluding hydrogens is 298 g/mol. The quantitative estimate of drug-likeness (QED) is 0.666. The Balaban J connectivity index is 2.07. The third kappa shape index (κ3) is 2.87. The van der Waals surface area contributed by atoms with Gasteiger partial charge in [0.2, 0.25) is 5.91 Å². The van der Waals surface area contributed by atoms with Crippen molar-refractivity contribution in [2.75, 3.05) is 18.4 Å². The first kappa shape index (κ1) is 15.0. The van der Waals surface area contributed by atoms with Crippen LogP contribution in [0.5, 0.6) is 0 Å². The van der Waals surface area contributed by atoms with Crippen LogP contribution < -0.4 is 5.32 Å². The molecule has 0 bridgehead atoms. The predicted molar refractivity (Wildman–Crippen MR) is 74.6 cm³/mol. The fourth-order valence-corrected chi connectivity index (χ4v) is 2.05. The number of hydrogen-bond acceptors (Lipinski definition) is 4. The second kappa shape index (κ2) is 5.92. The molecule has 21 heavy (non-hydrogen) atoms. The van der Waals surface area contributed by atoms with Crippen LogP contribution in [0.25, 0.3) is 0 Å². The number of benzene rings is 1. The molecule has 0 radical (unpaired) electrons. The van der Waals surface area contributed by atoms with E-state index < -0.39 is 30.3 Å². The van der Waals surface area contributed by atoms with Gasteiger partial charge in [-0.3, -0.25) is 19.3 Å². The van der Waals surface area contributed by atoms with Crippen molar-refractivity contribution in [1.29, 1.82) is 0 Å². The zero-order chi connectivity index (χ0) is 15.6. The molecule has 1 heterocycles. The number of rotatable bonds is 4. The van der Waals surface area contributed by atoms with Crippen molar-refractivity contribution in [2.45, 2.75) is 6.92 Å². The van der Waals surface area contributed by atoms with Crippen LogP contribution in [0.2, 0.25) is 5.02 Å². The summed E-state index contributed by atoms with van der Waals surface area (Å²) < 4.78 is 0. The monoisotopic (exact) mass is 309 g/mol. The van der Waals surface area contributed by atoms with Crippen LogP contribution in [0.3, 0.4) is 0 Å². The molecule has 2 rings (SSSR count). The fraction of sp³-hybridized carbons (Fsp3) is 0.231. The number of para-hydroxylation sites is 1. The third-order valence-corrected chi connectivity index (χ3v) is 3.23. The Morgan fingerprint density at radius 3 is 2.33 bits per heavy atom. The van der Waals surface area contributed by atoms with E-state index in [9.17, 15) is 19.2 Å². The highest BCUT2D eigenvalue weighted by molar-refractivity contribution is 6.45. The highest BCUT2D eigenvalue weighted by Gasteiger charge is 2.44. The van der Waals surface area contributed by atoms with Crippen molar-refractivity contribution in [3.05, 3.63) is 29.3 Å². The lowest BCUT2D eigenvalue weighted by Crippen LogP contribution is -2.39. The van der Waals surface area contributed by atoms with Crippen molar-refractivity contribution in [3.63, 3.8) is 0 Å². The van der Waals surface area contributed by atoms with Gasteiger partial charge in [-0.2, -0.15) is 0 Å². The highest BCUT2D eigenvalue weighted by Crippen LogP contribution is 2.20. The SMILES string of the molecule is CCN1C(=O)C(=O)N(CC(=O)Nc2ccccc2Cl)C1=O. The molecule has 5 amide bonds. The van der Waals surface area contributed by atoms with Crippen molar-refractivity contribution >= 4 is 41.0 Å². The second-order valence-corrected chi connectivity index (χ2v) is 4.66. The molecule has 1 N–H and O–H groups in total. The maximum Gasteiger partial charge on any atom is 0.334 e. The van der Waals surface area contributed by atoms with Crippen molar-refractivity contribution in [3.8, 4) is 0 Å². The van der Waals surface area contributed by atoms with Crippen LogP contribution in [0.1, 0.15) is 6.92 Å². The van der Waals surface area contributed by atoms with Gasteiger partial charge in [0.15, 0.2) is 0 Å². The van der Waals surface area contributed by atoms with E-state index in [1.807, 2.05) is 0 Å². The van der Waals surface area contributed by atoms with Gasteiger partial charge in [-0.15, -0.1) is 0 Å². The Kier molecular flexibility index (Phi) is 4.23. The van der Waals surface area contributed by atoms with Crippen LogP contribution in [0.15, 0.2) is 24.3 Å². The Hall–Kier alpha value is -2.41. The molecule has 1 aliphatic rings. The lowest BCUT2D eigenvalue weighted by molar-refractivity contribution is -0.143. The number of amides is 5. The smallest absolute Gasteiger partial charge is 0.323 e. The molecule has 8 heteroatoms. The first-order valence-electron chi connectivity index (χ1n) is 6.17. The number of carbonyl (C=O) groups is 4. The molecule has 1 saturated heterocycles. The van der Waals surface area contributed by atoms with Crippen LogP contribution in [0, 0.1) is 0 Å². The number of nitrogens with one attached hydrogen (secondary N) is 1. The minimum Gasteiger partial charge on any atom is -0.323 e. The average molecular weight is 310 g/mol. The van der Waals surface area contributed by atoms with E-state index >= 15 is 0 Å². The van der Waals surface area contributed by atoms with Crippen LogP contribution >= 0.6 is 11.6 Å². The van der Waals surface area contributed by atoms with E-state index in [1.165, 1.54) is 0 Å². The number of nitrogens with zero attached hydrogens (tertiary/aromatic N) is 2. The average Bonchev–Trinajstić information content (AvgIpc) is 2.65. The molecule has 110 valence electrons. The topological polar surface area (TPSA) is 86.8 Å². The molecule has 1 fully saturated rings. The van der Waals surface area contributed by atoms with Crippen LogP contribution in [0.4, 0.5) is 10.5 Å². The Morgan fingerprint density at radius 2 is 1.76 bits per heavy atom. The van der Waals surface area contributed by atoms with Gasteiger partial charge in [0.1, 0.15) is 6.54 Å². The largest absolute Gasteiger partial charge is 0.334 e. The highest BCUT2D eigenvalue weighted by atomic mass is 35.5. The molecule has 1 aliphatic heterocycles. The van der Waals surface area contributed by atoms with Gasteiger partial charge in [-0.1, -0.05) is 23.7 Å². The van der Waals surface area contributed by atoms with E-state index in [0.717, 1.165) is 4.90 Å². The Labute approximate surface area is 125 Å². The molecule has 0 aliphatic carbocycles. The maximum absolute atomic E-state index is 11.9. The van der Waals surface area contributed by atoms with Gasteiger partial charge >= 0.3 is 17.8 Å².